The van der Waals surface area contributed by atoms with Crippen molar-refractivity contribution in [2.24, 2.45) is 10.4 Å². The minimum Gasteiger partial charge on any atom is -0.288 e. The minimum absolute atomic E-state index is 0.0699. The van der Waals surface area contributed by atoms with Crippen molar-refractivity contribution in [2.45, 2.75) is 12.8 Å². The number of hydrogen-bond donors (Lipinski definition) is 0. The summed E-state index contributed by atoms with van der Waals surface area (Å²) in [6, 6.07) is 19.3. The van der Waals surface area contributed by atoms with E-state index in [1.54, 1.807) is 0 Å². The van der Waals surface area contributed by atoms with Crippen LogP contribution in [0.2, 0.25) is 0 Å². The molecule has 21 heavy (non-hydrogen) atoms. The summed E-state index contributed by atoms with van der Waals surface area (Å²) in [6.07, 6.45) is 4.09. The molecule has 0 saturated heterocycles. The van der Waals surface area contributed by atoms with E-state index in [2.05, 4.69) is 75.1 Å². The van der Waals surface area contributed by atoms with Crippen LogP contribution in [0.3, 0.4) is 0 Å². The third-order valence-electron chi connectivity index (χ3n) is 4.29. The van der Waals surface area contributed by atoms with Crippen LogP contribution in [0.1, 0.15) is 17.5 Å². The number of aliphatic imine (C=N–C) groups is 1. The van der Waals surface area contributed by atoms with E-state index in [1.807, 2.05) is 0 Å². The second-order valence-electron chi connectivity index (χ2n) is 6.04. The SMILES string of the molecule is Bc1cccc(C2=NCC(C=C)(Cc3ccccc3)C2)c1. The van der Waals surface area contributed by atoms with Crippen molar-refractivity contribution in [3.8, 4) is 0 Å². The zero-order valence-corrected chi connectivity index (χ0v) is 12.5. The molecule has 0 bridgehead atoms. The van der Waals surface area contributed by atoms with Crippen LogP contribution in [0, 0.1) is 5.41 Å². The maximum absolute atomic E-state index is 4.81. The lowest BCUT2D eigenvalue weighted by molar-refractivity contribution is 0.434. The fraction of sp³-hybridized carbons (Fsp3) is 0.211. The zero-order chi connectivity index (χ0) is 14.7. The molecule has 2 aromatic rings. The van der Waals surface area contributed by atoms with E-state index < -0.39 is 0 Å². The normalized spacial score (nSPS) is 21.0. The van der Waals surface area contributed by atoms with Gasteiger partial charge in [0.05, 0.1) is 0 Å². The summed E-state index contributed by atoms with van der Waals surface area (Å²) >= 11 is 0. The maximum atomic E-state index is 4.81. The summed E-state index contributed by atoms with van der Waals surface area (Å²) in [4.78, 5) is 4.81. The molecular weight excluding hydrogens is 253 g/mol. The molecule has 0 aromatic heterocycles. The molecule has 0 radical (unpaired) electrons. The molecule has 0 N–H and O–H groups in total. The van der Waals surface area contributed by atoms with Gasteiger partial charge in [0.15, 0.2) is 0 Å². The third-order valence-corrected chi connectivity index (χ3v) is 4.29. The molecule has 0 saturated carbocycles. The van der Waals surface area contributed by atoms with Gasteiger partial charge in [0.2, 0.25) is 0 Å². The molecule has 2 aromatic carbocycles. The van der Waals surface area contributed by atoms with Gasteiger partial charge < -0.3 is 0 Å². The van der Waals surface area contributed by atoms with Crippen molar-refractivity contribution in [1.29, 1.82) is 0 Å². The Kier molecular flexibility index (Phi) is 3.79. The van der Waals surface area contributed by atoms with E-state index in [-0.39, 0.29) is 5.41 Å². The Morgan fingerprint density at radius 2 is 1.95 bits per heavy atom. The largest absolute Gasteiger partial charge is 0.288 e. The molecule has 1 aliphatic heterocycles. The molecule has 3 rings (SSSR count). The highest BCUT2D eigenvalue weighted by molar-refractivity contribution is 6.32. The lowest BCUT2D eigenvalue weighted by Crippen LogP contribution is -2.22. The molecule has 0 aliphatic carbocycles. The van der Waals surface area contributed by atoms with Gasteiger partial charge in [-0.05, 0) is 17.5 Å². The highest BCUT2D eigenvalue weighted by atomic mass is 14.8. The topological polar surface area (TPSA) is 12.4 Å². The Labute approximate surface area is 127 Å². The highest BCUT2D eigenvalue weighted by Gasteiger charge is 2.33. The predicted molar refractivity (Wildman–Crippen MR) is 93.4 cm³/mol. The Bertz CT molecular complexity index is 675. The number of nitrogens with zero attached hydrogens (tertiary/aromatic N) is 1. The first-order chi connectivity index (χ1) is 10.2. The van der Waals surface area contributed by atoms with Crippen LogP contribution in [0.4, 0.5) is 0 Å². The van der Waals surface area contributed by atoms with Crippen molar-refractivity contribution in [3.05, 3.63) is 78.4 Å². The predicted octanol–water partition coefficient (Wildman–Crippen LogP) is 2.55. The van der Waals surface area contributed by atoms with Crippen LogP contribution in [0.15, 0.2) is 72.2 Å². The van der Waals surface area contributed by atoms with Crippen LogP contribution < -0.4 is 5.46 Å². The molecule has 1 aliphatic rings. The van der Waals surface area contributed by atoms with Gasteiger partial charge in [-0.15, -0.1) is 6.58 Å². The standard InChI is InChI=1S/C19H20BN/c1-2-19(12-15-7-4-3-5-8-15)13-18(21-14-19)16-9-6-10-17(20)11-16/h2-11H,1,12-14,20H2. The van der Waals surface area contributed by atoms with Gasteiger partial charge in [-0.25, -0.2) is 0 Å². The van der Waals surface area contributed by atoms with Crippen LogP contribution in [0.5, 0.6) is 0 Å². The lowest BCUT2D eigenvalue weighted by Gasteiger charge is -2.24. The first-order valence-electron chi connectivity index (χ1n) is 7.49. The van der Waals surface area contributed by atoms with Crippen molar-refractivity contribution >= 4 is 19.0 Å². The summed E-state index contributed by atoms with van der Waals surface area (Å²) < 4.78 is 0. The van der Waals surface area contributed by atoms with Gasteiger partial charge >= 0.3 is 0 Å². The molecule has 0 fully saturated rings. The second kappa shape index (κ2) is 5.73. The summed E-state index contributed by atoms with van der Waals surface area (Å²) in [5.74, 6) is 0. The van der Waals surface area contributed by atoms with Crippen molar-refractivity contribution in [3.63, 3.8) is 0 Å². The molecule has 1 heterocycles. The van der Waals surface area contributed by atoms with Crippen molar-refractivity contribution < 1.29 is 0 Å². The van der Waals surface area contributed by atoms with Gasteiger partial charge in [0.1, 0.15) is 7.85 Å². The zero-order valence-electron chi connectivity index (χ0n) is 12.5. The van der Waals surface area contributed by atoms with Gasteiger partial charge in [0, 0.05) is 24.1 Å². The van der Waals surface area contributed by atoms with Crippen LogP contribution >= 0.6 is 0 Å². The van der Waals surface area contributed by atoms with Crippen LogP contribution in [0.25, 0.3) is 0 Å². The quantitative estimate of drug-likeness (QED) is 0.599. The molecule has 1 unspecified atom stereocenters. The number of hydrogen-bond acceptors (Lipinski definition) is 1. The van der Waals surface area contributed by atoms with Gasteiger partial charge in [-0.3, -0.25) is 4.99 Å². The summed E-state index contributed by atoms with van der Waals surface area (Å²) in [5.41, 5.74) is 5.19. The maximum Gasteiger partial charge on any atom is 0.139 e. The average molecular weight is 273 g/mol. The van der Waals surface area contributed by atoms with E-state index >= 15 is 0 Å². The first kappa shape index (κ1) is 13.9. The third kappa shape index (κ3) is 3.00. The molecule has 1 atom stereocenters. The van der Waals surface area contributed by atoms with Gasteiger partial charge in [-0.2, -0.15) is 0 Å². The monoisotopic (exact) mass is 273 g/mol. The van der Waals surface area contributed by atoms with E-state index in [0.29, 0.717) is 0 Å². The van der Waals surface area contributed by atoms with Crippen molar-refractivity contribution in [1.82, 2.24) is 0 Å². The van der Waals surface area contributed by atoms with E-state index in [1.165, 1.54) is 22.3 Å². The van der Waals surface area contributed by atoms with Crippen molar-refractivity contribution in [2.75, 3.05) is 6.54 Å². The summed E-state index contributed by atoms with van der Waals surface area (Å²) in [6.45, 7) is 4.93. The summed E-state index contributed by atoms with van der Waals surface area (Å²) in [5, 5.41) is 0. The van der Waals surface area contributed by atoms with Gasteiger partial charge in [0.25, 0.3) is 0 Å². The average Bonchev–Trinajstić information content (AvgIpc) is 2.93. The van der Waals surface area contributed by atoms with Gasteiger partial charge in [-0.1, -0.05) is 66.1 Å². The molecule has 2 heteroatoms. The first-order valence-corrected chi connectivity index (χ1v) is 7.49. The smallest absolute Gasteiger partial charge is 0.139 e. The van der Waals surface area contributed by atoms with Crippen LogP contribution in [-0.4, -0.2) is 20.1 Å². The molecular formula is C19H20BN. The van der Waals surface area contributed by atoms with Crippen LogP contribution in [-0.2, 0) is 6.42 Å². The Morgan fingerprint density at radius 1 is 1.14 bits per heavy atom. The Balaban J connectivity index is 1.80. The molecule has 0 amide bonds. The van der Waals surface area contributed by atoms with E-state index in [4.69, 9.17) is 4.99 Å². The fourth-order valence-electron chi connectivity index (χ4n) is 3.05. The molecule has 0 spiro atoms. The lowest BCUT2D eigenvalue weighted by atomic mass is 9.78. The fourth-order valence-corrected chi connectivity index (χ4v) is 3.05. The molecule has 104 valence electrons. The number of rotatable bonds is 4. The Hall–Kier alpha value is -2.09. The highest BCUT2D eigenvalue weighted by Crippen LogP contribution is 2.35. The molecule has 1 nitrogen and oxygen atoms in total. The minimum atomic E-state index is 0.0699. The van der Waals surface area contributed by atoms with E-state index in [0.717, 1.165) is 19.4 Å². The Morgan fingerprint density at radius 3 is 2.67 bits per heavy atom. The van der Waals surface area contributed by atoms with E-state index in [9.17, 15) is 0 Å². The number of benzene rings is 2. The second-order valence-corrected chi connectivity index (χ2v) is 6.04. The summed E-state index contributed by atoms with van der Waals surface area (Å²) in [7, 11) is 2.13.